The van der Waals surface area contributed by atoms with Gasteiger partial charge in [-0.25, -0.2) is 0 Å². The van der Waals surface area contributed by atoms with Crippen LogP contribution in [0.15, 0.2) is 24.3 Å². The minimum Gasteiger partial charge on any atom is -0.351 e. The van der Waals surface area contributed by atoms with E-state index >= 15 is 0 Å². The summed E-state index contributed by atoms with van der Waals surface area (Å²) in [5.41, 5.74) is 0.249. The van der Waals surface area contributed by atoms with Gasteiger partial charge in [0.05, 0.1) is 11.3 Å². The fourth-order valence-electron chi connectivity index (χ4n) is 2.79. The molecule has 4 nitrogen and oxygen atoms in total. The summed E-state index contributed by atoms with van der Waals surface area (Å²) in [6, 6.07) is 5.67. The van der Waals surface area contributed by atoms with Gasteiger partial charge in [-0.15, -0.1) is 5.10 Å². The average Bonchev–Trinajstić information content (AvgIpc) is 2.99. The first-order valence-corrected chi connectivity index (χ1v) is 8.85. The molecule has 0 radical (unpaired) electrons. The van der Waals surface area contributed by atoms with Crippen LogP contribution in [0.1, 0.15) is 58.6 Å². The number of alkyl halides is 3. The van der Waals surface area contributed by atoms with Crippen LogP contribution in [0, 0.1) is 6.92 Å². The summed E-state index contributed by atoms with van der Waals surface area (Å²) >= 11 is 1.01. The molecule has 2 rings (SSSR count). The van der Waals surface area contributed by atoms with Crippen LogP contribution in [-0.2, 0) is 6.18 Å². The van der Waals surface area contributed by atoms with Gasteiger partial charge in [-0.1, -0.05) is 36.0 Å². The second kappa shape index (κ2) is 8.42. The second-order valence-corrected chi connectivity index (χ2v) is 6.56. The Morgan fingerprint density at radius 1 is 1.28 bits per heavy atom. The minimum absolute atomic E-state index is 0.260. The maximum absolute atomic E-state index is 13.2. The first kappa shape index (κ1) is 19.4. The number of hydrogen-bond donors (Lipinski definition) is 1. The standard InChI is InChI=1S/C17H20F3N3OS/c1-3-6-12(13-7-4-5-8-14(13)17(18,19)20)9-10-21-16(24)15-11(2)22-23-25-15/h4-5,7-8,12H,3,6,9-10H2,1-2H3,(H,21,24). The molecule has 136 valence electrons. The molecule has 0 aliphatic heterocycles. The van der Waals surface area contributed by atoms with Crippen LogP contribution >= 0.6 is 11.5 Å². The molecule has 1 aromatic carbocycles. The van der Waals surface area contributed by atoms with Crippen molar-refractivity contribution < 1.29 is 18.0 Å². The van der Waals surface area contributed by atoms with E-state index in [1.165, 1.54) is 12.1 Å². The Bertz CT molecular complexity index is 715. The normalized spacial score (nSPS) is 12.8. The molecule has 1 heterocycles. The smallest absolute Gasteiger partial charge is 0.351 e. The number of carbonyl (C=O) groups excluding carboxylic acids is 1. The van der Waals surface area contributed by atoms with Gasteiger partial charge in [0.2, 0.25) is 0 Å². The zero-order valence-electron chi connectivity index (χ0n) is 14.1. The fraction of sp³-hybridized carbons (Fsp3) is 0.471. The maximum atomic E-state index is 13.2. The molecule has 0 saturated carbocycles. The van der Waals surface area contributed by atoms with E-state index in [1.807, 2.05) is 6.92 Å². The molecule has 1 N–H and O–H groups in total. The van der Waals surface area contributed by atoms with Crippen LogP contribution in [0.5, 0.6) is 0 Å². The van der Waals surface area contributed by atoms with Gasteiger partial charge < -0.3 is 5.32 Å². The Hall–Kier alpha value is -1.96. The number of aryl methyl sites for hydroxylation is 1. The highest BCUT2D eigenvalue weighted by atomic mass is 32.1. The number of benzene rings is 1. The van der Waals surface area contributed by atoms with Gasteiger partial charge in [0.25, 0.3) is 5.91 Å². The Kier molecular flexibility index (Phi) is 6.52. The van der Waals surface area contributed by atoms with Gasteiger partial charge >= 0.3 is 6.18 Å². The van der Waals surface area contributed by atoms with E-state index in [1.54, 1.807) is 13.0 Å². The van der Waals surface area contributed by atoms with Crippen LogP contribution in [0.4, 0.5) is 13.2 Å². The van der Waals surface area contributed by atoms with Gasteiger partial charge in [-0.3, -0.25) is 4.79 Å². The Labute approximate surface area is 148 Å². The Morgan fingerprint density at radius 3 is 2.60 bits per heavy atom. The van der Waals surface area contributed by atoms with Crippen LogP contribution < -0.4 is 5.32 Å². The van der Waals surface area contributed by atoms with Crippen LogP contribution in [0.2, 0.25) is 0 Å². The molecule has 0 aliphatic rings. The quantitative estimate of drug-likeness (QED) is 0.776. The predicted octanol–water partition coefficient (Wildman–Crippen LogP) is 4.57. The monoisotopic (exact) mass is 371 g/mol. The van der Waals surface area contributed by atoms with Crippen molar-refractivity contribution in [2.24, 2.45) is 0 Å². The lowest BCUT2D eigenvalue weighted by molar-refractivity contribution is -0.138. The summed E-state index contributed by atoms with van der Waals surface area (Å²) in [7, 11) is 0. The molecule has 2 aromatic rings. The van der Waals surface area contributed by atoms with Gasteiger partial charge in [-0.05, 0) is 48.8 Å². The second-order valence-electron chi connectivity index (χ2n) is 5.80. The lowest BCUT2D eigenvalue weighted by Gasteiger charge is -2.21. The van der Waals surface area contributed by atoms with Crippen molar-refractivity contribution in [3.05, 3.63) is 46.0 Å². The molecule has 1 unspecified atom stereocenters. The van der Waals surface area contributed by atoms with Crippen molar-refractivity contribution in [3.8, 4) is 0 Å². The molecule has 0 saturated heterocycles. The molecule has 0 aliphatic carbocycles. The number of rotatable bonds is 7. The molecular weight excluding hydrogens is 351 g/mol. The lowest BCUT2D eigenvalue weighted by Crippen LogP contribution is -2.26. The van der Waals surface area contributed by atoms with Gasteiger partial charge in [0.1, 0.15) is 4.88 Å². The van der Waals surface area contributed by atoms with Gasteiger partial charge in [-0.2, -0.15) is 13.2 Å². The molecule has 0 fully saturated rings. The highest BCUT2D eigenvalue weighted by molar-refractivity contribution is 7.07. The zero-order chi connectivity index (χ0) is 18.4. The summed E-state index contributed by atoms with van der Waals surface area (Å²) < 4.78 is 43.4. The molecular formula is C17H20F3N3OS. The Morgan fingerprint density at radius 2 is 2.00 bits per heavy atom. The maximum Gasteiger partial charge on any atom is 0.416 e. The number of hydrogen-bond acceptors (Lipinski definition) is 4. The molecule has 25 heavy (non-hydrogen) atoms. The van der Waals surface area contributed by atoms with E-state index in [0.717, 1.165) is 24.0 Å². The van der Waals surface area contributed by atoms with E-state index in [9.17, 15) is 18.0 Å². The first-order chi connectivity index (χ1) is 11.8. The van der Waals surface area contributed by atoms with E-state index in [0.29, 0.717) is 35.5 Å². The Balaban J connectivity index is 2.07. The molecule has 1 atom stereocenters. The number of aromatic nitrogens is 2. The average molecular weight is 371 g/mol. The highest BCUT2D eigenvalue weighted by Gasteiger charge is 2.34. The topological polar surface area (TPSA) is 54.9 Å². The molecule has 0 bridgehead atoms. The van der Waals surface area contributed by atoms with E-state index in [-0.39, 0.29) is 11.8 Å². The summed E-state index contributed by atoms with van der Waals surface area (Å²) in [6.45, 7) is 3.93. The first-order valence-electron chi connectivity index (χ1n) is 8.07. The number of carbonyl (C=O) groups is 1. The van der Waals surface area contributed by atoms with Crippen molar-refractivity contribution in [1.29, 1.82) is 0 Å². The summed E-state index contributed by atoms with van der Waals surface area (Å²) in [5.74, 6) is -0.546. The molecule has 1 aromatic heterocycles. The summed E-state index contributed by atoms with van der Waals surface area (Å²) in [4.78, 5) is 12.5. The van der Waals surface area contributed by atoms with Crippen molar-refractivity contribution >= 4 is 17.4 Å². The van der Waals surface area contributed by atoms with Crippen molar-refractivity contribution in [3.63, 3.8) is 0 Å². The van der Waals surface area contributed by atoms with E-state index < -0.39 is 11.7 Å². The molecule has 8 heteroatoms. The largest absolute Gasteiger partial charge is 0.416 e. The third-order valence-electron chi connectivity index (χ3n) is 3.98. The predicted molar refractivity (Wildman–Crippen MR) is 90.7 cm³/mol. The third kappa shape index (κ3) is 5.01. The lowest BCUT2D eigenvalue weighted by atomic mass is 9.88. The zero-order valence-corrected chi connectivity index (χ0v) is 14.9. The van der Waals surface area contributed by atoms with Crippen molar-refractivity contribution in [2.45, 2.75) is 45.2 Å². The van der Waals surface area contributed by atoms with Crippen molar-refractivity contribution in [2.75, 3.05) is 6.54 Å². The van der Waals surface area contributed by atoms with Crippen LogP contribution in [-0.4, -0.2) is 22.0 Å². The molecule has 0 spiro atoms. The number of halogens is 3. The number of nitrogens with one attached hydrogen (secondary N) is 1. The van der Waals surface area contributed by atoms with Gasteiger partial charge in [0, 0.05) is 6.54 Å². The summed E-state index contributed by atoms with van der Waals surface area (Å²) in [5, 5.41) is 6.53. The SMILES string of the molecule is CCCC(CCNC(=O)c1snnc1C)c1ccccc1C(F)(F)F. The van der Waals surface area contributed by atoms with Crippen LogP contribution in [0.3, 0.4) is 0 Å². The number of amides is 1. The van der Waals surface area contributed by atoms with Gasteiger partial charge in [0.15, 0.2) is 0 Å². The molecule has 1 amide bonds. The third-order valence-corrected chi connectivity index (χ3v) is 4.81. The van der Waals surface area contributed by atoms with Crippen molar-refractivity contribution in [1.82, 2.24) is 14.9 Å². The fourth-order valence-corrected chi connectivity index (χ4v) is 3.37. The van der Waals surface area contributed by atoms with Crippen LogP contribution in [0.25, 0.3) is 0 Å². The summed E-state index contributed by atoms with van der Waals surface area (Å²) in [6.07, 6.45) is -2.54. The minimum atomic E-state index is -4.38. The van der Waals surface area contributed by atoms with E-state index in [2.05, 4.69) is 14.9 Å². The number of nitrogens with zero attached hydrogens (tertiary/aromatic N) is 2. The van der Waals surface area contributed by atoms with E-state index in [4.69, 9.17) is 0 Å². The highest BCUT2D eigenvalue weighted by Crippen LogP contribution is 2.37.